The quantitative estimate of drug-likeness (QED) is 0.469. The fourth-order valence-corrected chi connectivity index (χ4v) is 4.31. The number of carboxylic acids is 1. The first-order valence-electron chi connectivity index (χ1n) is 11.9. The second-order valence-electron chi connectivity index (χ2n) is 9.47. The molecule has 3 rings (SSSR count). The summed E-state index contributed by atoms with van der Waals surface area (Å²) in [5.41, 5.74) is 4.18. The molecule has 0 spiro atoms. The summed E-state index contributed by atoms with van der Waals surface area (Å²) in [6.45, 7) is 6.68. The van der Waals surface area contributed by atoms with Gasteiger partial charge in [0.1, 0.15) is 6.61 Å². The summed E-state index contributed by atoms with van der Waals surface area (Å²) >= 11 is 0. The molecule has 0 bridgehead atoms. The topological polar surface area (TPSA) is 105 Å². The van der Waals surface area contributed by atoms with Gasteiger partial charge in [-0.1, -0.05) is 48.5 Å². The summed E-state index contributed by atoms with van der Waals surface area (Å²) in [5, 5.41) is 11.6. The number of carbonyl (C=O) groups is 3. The van der Waals surface area contributed by atoms with Crippen LogP contribution in [0.4, 0.5) is 4.79 Å². The van der Waals surface area contributed by atoms with E-state index in [4.69, 9.17) is 14.6 Å². The van der Waals surface area contributed by atoms with E-state index < -0.39 is 17.6 Å². The third-order valence-electron chi connectivity index (χ3n) is 5.98. The van der Waals surface area contributed by atoms with Crippen molar-refractivity contribution in [3.8, 4) is 11.1 Å². The standard InChI is InChI=1S/C27H34N2O6/c1-27(2,3)29(15-12-25(31)32)24(30)13-16-34-17-14-28-26(33)35-18-23-21-10-6-4-8-19(21)20-9-5-7-11-22(20)23/h4-11,23H,12-18H2,1-3H3,(H,28,33)(H,31,32). The van der Waals surface area contributed by atoms with Gasteiger partial charge in [-0.05, 0) is 43.0 Å². The average Bonchev–Trinajstić information content (AvgIpc) is 3.12. The molecule has 0 atom stereocenters. The molecule has 0 aromatic heterocycles. The van der Waals surface area contributed by atoms with Crippen LogP contribution >= 0.6 is 0 Å². The van der Waals surface area contributed by atoms with Crippen molar-refractivity contribution in [3.63, 3.8) is 0 Å². The summed E-state index contributed by atoms with van der Waals surface area (Å²) in [6.07, 6.45) is -0.477. The second-order valence-corrected chi connectivity index (χ2v) is 9.47. The second kappa shape index (κ2) is 11.8. The fourth-order valence-electron chi connectivity index (χ4n) is 4.31. The number of fused-ring (bicyclic) bond motifs is 3. The Hall–Kier alpha value is -3.39. The van der Waals surface area contributed by atoms with Gasteiger partial charge in [-0.25, -0.2) is 4.79 Å². The SMILES string of the molecule is CC(C)(C)N(CCC(=O)O)C(=O)CCOCCNC(=O)OCC1c2ccccc2-c2ccccc21. The first-order chi connectivity index (χ1) is 16.7. The molecule has 0 fully saturated rings. The number of nitrogens with one attached hydrogen (secondary N) is 1. The predicted octanol–water partition coefficient (Wildman–Crippen LogP) is 4.03. The molecule has 8 nitrogen and oxygen atoms in total. The lowest BCUT2D eigenvalue weighted by Crippen LogP contribution is -2.47. The number of nitrogens with zero attached hydrogens (tertiary/aromatic N) is 1. The maximum absolute atomic E-state index is 12.5. The molecule has 1 aliphatic rings. The number of carboxylic acid groups (broad SMARTS) is 1. The molecular formula is C27H34N2O6. The molecule has 0 aliphatic heterocycles. The largest absolute Gasteiger partial charge is 0.481 e. The van der Waals surface area contributed by atoms with Gasteiger partial charge in [0.05, 0.1) is 26.1 Å². The van der Waals surface area contributed by atoms with Crippen molar-refractivity contribution in [2.75, 3.05) is 32.9 Å². The van der Waals surface area contributed by atoms with Crippen molar-refractivity contribution in [3.05, 3.63) is 59.7 Å². The van der Waals surface area contributed by atoms with Crippen LogP contribution in [0.25, 0.3) is 11.1 Å². The molecule has 0 saturated heterocycles. The highest BCUT2D eigenvalue weighted by Crippen LogP contribution is 2.44. The van der Waals surface area contributed by atoms with Crippen LogP contribution in [-0.4, -0.2) is 66.4 Å². The van der Waals surface area contributed by atoms with Gasteiger partial charge in [0.15, 0.2) is 0 Å². The van der Waals surface area contributed by atoms with Crippen molar-refractivity contribution in [2.45, 2.75) is 45.1 Å². The maximum atomic E-state index is 12.5. The number of alkyl carbamates (subject to hydrolysis) is 1. The highest BCUT2D eigenvalue weighted by atomic mass is 16.5. The van der Waals surface area contributed by atoms with E-state index in [9.17, 15) is 14.4 Å². The monoisotopic (exact) mass is 482 g/mol. The first kappa shape index (κ1) is 26.2. The zero-order chi connectivity index (χ0) is 25.4. The van der Waals surface area contributed by atoms with Gasteiger partial charge in [0.25, 0.3) is 0 Å². The van der Waals surface area contributed by atoms with Gasteiger partial charge in [-0.2, -0.15) is 0 Å². The highest BCUT2D eigenvalue weighted by Gasteiger charge is 2.29. The van der Waals surface area contributed by atoms with Crippen molar-refractivity contribution in [1.29, 1.82) is 0 Å². The molecule has 35 heavy (non-hydrogen) atoms. The molecule has 2 amide bonds. The molecule has 2 N–H and O–H groups in total. The Morgan fingerprint density at radius 2 is 1.54 bits per heavy atom. The molecule has 8 heteroatoms. The first-order valence-corrected chi connectivity index (χ1v) is 11.9. The van der Waals surface area contributed by atoms with Crippen LogP contribution in [0.2, 0.25) is 0 Å². The van der Waals surface area contributed by atoms with Crippen molar-refractivity contribution in [2.24, 2.45) is 0 Å². The van der Waals surface area contributed by atoms with Crippen LogP contribution in [0, 0.1) is 0 Å². The summed E-state index contributed by atoms with van der Waals surface area (Å²) < 4.78 is 11.0. The van der Waals surface area contributed by atoms with Crippen LogP contribution in [0.3, 0.4) is 0 Å². The highest BCUT2D eigenvalue weighted by molar-refractivity contribution is 5.79. The van der Waals surface area contributed by atoms with E-state index in [2.05, 4.69) is 29.6 Å². The molecule has 0 radical (unpaired) electrons. The fraction of sp³-hybridized carbons (Fsp3) is 0.444. The predicted molar refractivity (Wildman–Crippen MR) is 132 cm³/mol. The van der Waals surface area contributed by atoms with E-state index in [1.807, 2.05) is 45.0 Å². The number of carbonyl (C=O) groups excluding carboxylic acids is 2. The van der Waals surface area contributed by atoms with Crippen molar-refractivity contribution in [1.82, 2.24) is 10.2 Å². The third kappa shape index (κ3) is 7.05. The Morgan fingerprint density at radius 1 is 0.943 bits per heavy atom. The number of aliphatic carboxylic acids is 1. The lowest BCUT2D eigenvalue weighted by atomic mass is 9.98. The summed E-state index contributed by atoms with van der Waals surface area (Å²) in [7, 11) is 0. The van der Waals surface area contributed by atoms with E-state index in [1.165, 1.54) is 11.1 Å². The van der Waals surface area contributed by atoms with Gasteiger partial charge >= 0.3 is 12.1 Å². The number of hydrogen-bond acceptors (Lipinski definition) is 5. The minimum absolute atomic E-state index is 0.00213. The number of benzene rings is 2. The number of ether oxygens (including phenoxy) is 2. The van der Waals surface area contributed by atoms with Crippen LogP contribution in [-0.2, 0) is 19.1 Å². The lowest BCUT2D eigenvalue weighted by Gasteiger charge is -2.35. The summed E-state index contributed by atoms with van der Waals surface area (Å²) in [5.74, 6) is -1.10. The van der Waals surface area contributed by atoms with Crippen molar-refractivity contribution >= 4 is 18.0 Å². The smallest absolute Gasteiger partial charge is 0.407 e. The van der Waals surface area contributed by atoms with Gasteiger partial charge in [-0.3, -0.25) is 9.59 Å². The Labute approximate surface area is 206 Å². The Balaban J connectivity index is 1.36. The maximum Gasteiger partial charge on any atom is 0.407 e. The molecule has 0 unspecified atom stereocenters. The zero-order valence-corrected chi connectivity index (χ0v) is 20.6. The van der Waals surface area contributed by atoms with E-state index >= 15 is 0 Å². The molecule has 0 saturated carbocycles. The summed E-state index contributed by atoms with van der Waals surface area (Å²) in [6, 6.07) is 16.3. The van der Waals surface area contributed by atoms with Gasteiger partial charge in [-0.15, -0.1) is 0 Å². The molecule has 2 aromatic rings. The third-order valence-corrected chi connectivity index (χ3v) is 5.98. The van der Waals surface area contributed by atoms with Gasteiger partial charge in [0.2, 0.25) is 5.91 Å². The molecule has 2 aromatic carbocycles. The Kier molecular flexibility index (Phi) is 8.87. The summed E-state index contributed by atoms with van der Waals surface area (Å²) in [4.78, 5) is 37.1. The molecule has 0 heterocycles. The molecule has 1 aliphatic carbocycles. The van der Waals surface area contributed by atoms with Gasteiger partial charge < -0.3 is 24.8 Å². The molecule has 188 valence electrons. The number of rotatable bonds is 11. The lowest BCUT2D eigenvalue weighted by molar-refractivity contribution is -0.141. The zero-order valence-electron chi connectivity index (χ0n) is 20.6. The van der Waals surface area contributed by atoms with Crippen LogP contribution < -0.4 is 5.32 Å². The minimum atomic E-state index is -0.942. The van der Waals surface area contributed by atoms with Crippen LogP contribution in [0.1, 0.15) is 50.7 Å². The Morgan fingerprint density at radius 3 is 2.11 bits per heavy atom. The van der Waals surface area contributed by atoms with Crippen LogP contribution in [0.15, 0.2) is 48.5 Å². The van der Waals surface area contributed by atoms with E-state index in [1.54, 1.807) is 4.90 Å². The van der Waals surface area contributed by atoms with Crippen molar-refractivity contribution < 1.29 is 29.0 Å². The van der Waals surface area contributed by atoms with E-state index in [-0.39, 0.29) is 57.6 Å². The number of hydrogen-bond donors (Lipinski definition) is 2. The van der Waals surface area contributed by atoms with Gasteiger partial charge in [0, 0.05) is 24.5 Å². The Bertz CT molecular complexity index is 1000. The molecular weight excluding hydrogens is 448 g/mol. The van der Waals surface area contributed by atoms with E-state index in [0.29, 0.717) is 0 Å². The van der Waals surface area contributed by atoms with Crippen LogP contribution in [0.5, 0.6) is 0 Å². The number of amides is 2. The van der Waals surface area contributed by atoms with E-state index in [0.717, 1.165) is 11.1 Å². The normalized spacial score (nSPS) is 12.5. The minimum Gasteiger partial charge on any atom is -0.481 e. The average molecular weight is 483 g/mol.